The van der Waals surface area contributed by atoms with Crippen molar-refractivity contribution in [2.24, 2.45) is 11.8 Å². The molecule has 0 saturated heterocycles. The van der Waals surface area contributed by atoms with E-state index in [2.05, 4.69) is 5.32 Å². The fraction of sp³-hybridized carbons (Fsp3) is 0.353. The topological polar surface area (TPSA) is 58.6 Å². The van der Waals surface area contributed by atoms with E-state index in [0.717, 1.165) is 5.56 Å². The Morgan fingerprint density at radius 3 is 2.67 bits per heavy atom. The molecule has 2 N–H and O–H groups in total. The van der Waals surface area contributed by atoms with Crippen LogP contribution < -0.4 is 5.32 Å². The molecule has 110 valence electrons. The Balaban J connectivity index is 1.53. The lowest BCUT2D eigenvalue weighted by Gasteiger charge is -2.22. The zero-order valence-electron chi connectivity index (χ0n) is 11.7. The minimum atomic E-state index is -0.431. The number of amides is 1. The number of benzene rings is 1. The number of allylic oxidation sites excluding steroid dienone is 2. The van der Waals surface area contributed by atoms with Gasteiger partial charge in [-0.05, 0) is 12.0 Å². The molecule has 21 heavy (non-hydrogen) atoms. The number of aliphatic hydroxyl groups excluding tert-OH is 1. The molecule has 1 aromatic rings. The number of carbonyl (C=O) groups excluding carboxylic acids is 1. The third kappa shape index (κ3) is 3.16. The number of ether oxygens (including phenoxy) is 1. The number of aliphatic hydroxyl groups is 1. The van der Waals surface area contributed by atoms with Crippen molar-refractivity contribution in [2.45, 2.75) is 25.2 Å². The Bertz CT molecular complexity index is 552. The molecule has 2 aliphatic rings. The summed E-state index contributed by atoms with van der Waals surface area (Å²) in [5.41, 5.74) is 0.956. The summed E-state index contributed by atoms with van der Waals surface area (Å²) in [6.45, 7) is 0.256. The minimum absolute atomic E-state index is 0.0746. The number of hydrogen-bond acceptors (Lipinski definition) is 3. The van der Waals surface area contributed by atoms with Crippen molar-refractivity contribution in [1.29, 1.82) is 0 Å². The van der Waals surface area contributed by atoms with Gasteiger partial charge in [-0.1, -0.05) is 54.6 Å². The predicted octanol–water partition coefficient (Wildman–Crippen LogP) is 2.40. The summed E-state index contributed by atoms with van der Waals surface area (Å²) < 4.78 is 5.23. The van der Waals surface area contributed by atoms with Gasteiger partial charge in [0.2, 0.25) is 0 Å². The van der Waals surface area contributed by atoms with Crippen molar-refractivity contribution < 1.29 is 14.6 Å². The molecule has 1 fully saturated rings. The molecular formula is C17H19NO3. The van der Waals surface area contributed by atoms with Crippen LogP contribution in [0.4, 0.5) is 4.79 Å². The standard InChI is InChI=1S/C17H19NO3/c19-16-10-15(13-8-4-5-9-14(13)16)18-17(20)21-11-12-6-2-1-3-7-12/h1-9,13-16,19H,10-11H2,(H,18,20). The lowest BCUT2D eigenvalue weighted by molar-refractivity contribution is 0.132. The second-order valence-electron chi connectivity index (χ2n) is 5.54. The average molecular weight is 285 g/mol. The van der Waals surface area contributed by atoms with Gasteiger partial charge in [0.15, 0.2) is 0 Å². The van der Waals surface area contributed by atoms with E-state index in [4.69, 9.17) is 4.74 Å². The molecule has 1 amide bonds. The maximum atomic E-state index is 11.9. The lowest BCUT2D eigenvalue weighted by atomic mass is 9.89. The first-order chi connectivity index (χ1) is 10.2. The van der Waals surface area contributed by atoms with Crippen molar-refractivity contribution in [3.8, 4) is 0 Å². The summed E-state index contributed by atoms with van der Waals surface area (Å²) >= 11 is 0. The van der Waals surface area contributed by atoms with Crippen LogP contribution in [0.15, 0.2) is 54.6 Å². The molecule has 4 unspecified atom stereocenters. The summed E-state index contributed by atoms with van der Waals surface area (Å²) in [7, 11) is 0. The Morgan fingerprint density at radius 1 is 1.19 bits per heavy atom. The molecule has 4 heteroatoms. The van der Waals surface area contributed by atoms with E-state index in [1.165, 1.54) is 0 Å². The smallest absolute Gasteiger partial charge is 0.407 e. The van der Waals surface area contributed by atoms with Crippen LogP contribution in [0.1, 0.15) is 12.0 Å². The van der Waals surface area contributed by atoms with Crippen molar-refractivity contribution in [2.75, 3.05) is 0 Å². The molecule has 0 heterocycles. The highest BCUT2D eigenvalue weighted by atomic mass is 16.5. The van der Waals surface area contributed by atoms with Gasteiger partial charge < -0.3 is 15.2 Å². The van der Waals surface area contributed by atoms with Crippen LogP contribution in [-0.2, 0) is 11.3 Å². The van der Waals surface area contributed by atoms with Gasteiger partial charge in [-0.15, -0.1) is 0 Å². The number of hydrogen-bond donors (Lipinski definition) is 2. The molecule has 0 aromatic heterocycles. The van der Waals surface area contributed by atoms with E-state index in [1.807, 2.05) is 54.6 Å². The Morgan fingerprint density at radius 2 is 1.90 bits per heavy atom. The van der Waals surface area contributed by atoms with Gasteiger partial charge in [-0.25, -0.2) is 4.79 Å². The molecule has 2 aliphatic carbocycles. The van der Waals surface area contributed by atoms with E-state index < -0.39 is 12.2 Å². The first-order valence-corrected chi connectivity index (χ1v) is 7.24. The highest BCUT2D eigenvalue weighted by Gasteiger charge is 2.41. The fourth-order valence-electron chi connectivity index (χ4n) is 3.07. The predicted molar refractivity (Wildman–Crippen MR) is 79.4 cm³/mol. The number of fused-ring (bicyclic) bond motifs is 1. The number of rotatable bonds is 3. The summed E-state index contributed by atoms with van der Waals surface area (Å²) in [5, 5.41) is 12.9. The SMILES string of the molecule is O=C(NC1CC(O)C2C=CC=CC12)OCc1ccccc1. The van der Waals surface area contributed by atoms with Gasteiger partial charge in [-0.3, -0.25) is 0 Å². The van der Waals surface area contributed by atoms with Crippen LogP contribution in [0.5, 0.6) is 0 Å². The van der Waals surface area contributed by atoms with E-state index in [1.54, 1.807) is 0 Å². The highest BCUT2D eigenvalue weighted by Crippen LogP contribution is 2.36. The van der Waals surface area contributed by atoms with Crippen LogP contribution in [0, 0.1) is 11.8 Å². The number of alkyl carbamates (subject to hydrolysis) is 1. The summed E-state index contributed by atoms with van der Waals surface area (Å²) in [5.74, 6) is 0.240. The summed E-state index contributed by atoms with van der Waals surface area (Å²) in [6, 6.07) is 9.50. The van der Waals surface area contributed by atoms with Gasteiger partial charge in [0.1, 0.15) is 6.61 Å². The number of carbonyl (C=O) groups is 1. The first kappa shape index (κ1) is 13.9. The van der Waals surface area contributed by atoms with Crippen molar-refractivity contribution in [3.05, 3.63) is 60.2 Å². The third-order valence-corrected chi connectivity index (χ3v) is 4.14. The summed E-state index contributed by atoms with van der Waals surface area (Å²) in [4.78, 5) is 11.9. The molecular weight excluding hydrogens is 266 g/mol. The Kier molecular flexibility index (Phi) is 4.06. The van der Waals surface area contributed by atoms with Gasteiger partial charge >= 0.3 is 6.09 Å². The van der Waals surface area contributed by atoms with Crippen LogP contribution in [0.3, 0.4) is 0 Å². The maximum absolute atomic E-state index is 11.9. The molecule has 0 aliphatic heterocycles. The monoisotopic (exact) mass is 285 g/mol. The van der Waals surface area contributed by atoms with Crippen LogP contribution in [-0.4, -0.2) is 23.3 Å². The van der Waals surface area contributed by atoms with E-state index in [9.17, 15) is 9.90 Å². The third-order valence-electron chi connectivity index (χ3n) is 4.14. The molecule has 4 nitrogen and oxygen atoms in total. The van der Waals surface area contributed by atoms with Crippen LogP contribution in [0.2, 0.25) is 0 Å². The lowest BCUT2D eigenvalue weighted by Crippen LogP contribution is -2.38. The molecule has 0 bridgehead atoms. The average Bonchev–Trinajstić information content (AvgIpc) is 2.83. The van der Waals surface area contributed by atoms with Crippen LogP contribution >= 0.6 is 0 Å². The van der Waals surface area contributed by atoms with Crippen molar-refractivity contribution >= 4 is 6.09 Å². The Hall–Kier alpha value is -2.07. The van der Waals surface area contributed by atoms with Gasteiger partial charge in [0.05, 0.1) is 6.10 Å². The first-order valence-electron chi connectivity index (χ1n) is 7.24. The van der Waals surface area contributed by atoms with E-state index >= 15 is 0 Å². The van der Waals surface area contributed by atoms with Gasteiger partial charge in [0, 0.05) is 17.9 Å². The van der Waals surface area contributed by atoms with E-state index in [0.29, 0.717) is 6.42 Å². The summed E-state index contributed by atoms with van der Waals surface area (Å²) in [6.07, 6.45) is 7.68. The molecule has 0 radical (unpaired) electrons. The largest absolute Gasteiger partial charge is 0.445 e. The fourth-order valence-corrected chi connectivity index (χ4v) is 3.07. The molecule has 1 saturated carbocycles. The number of nitrogens with one attached hydrogen (secondary N) is 1. The van der Waals surface area contributed by atoms with Gasteiger partial charge in [0.25, 0.3) is 0 Å². The van der Waals surface area contributed by atoms with Crippen LogP contribution in [0.25, 0.3) is 0 Å². The maximum Gasteiger partial charge on any atom is 0.407 e. The molecule has 1 aromatic carbocycles. The van der Waals surface area contributed by atoms with Crippen molar-refractivity contribution in [1.82, 2.24) is 5.32 Å². The minimum Gasteiger partial charge on any atom is -0.445 e. The normalized spacial score (nSPS) is 30.0. The van der Waals surface area contributed by atoms with Crippen molar-refractivity contribution in [3.63, 3.8) is 0 Å². The second kappa shape index (κ2) is 6.14. The van der Waals surface area contributed by atoms with E-state index in [-0.39, 0.29) is 24.5 Å². The molecule has 0 spiro atoms. The molecule has 3 rings (SSSR count). The Labute approximate surface area is 124 Å². The molecule has 4 atom stereocenters. The quantitative estimate of drug-likeness (QED) is 0.896. The van der Waals surface area contributed by atoms with Gasteiger partial charge in [-0.2, -0.15) is 0 Å². The highest BCUT2D eigenvalue weighted by molar-refractivity contribution is 5.67. The zero-order valence-corrected chi connectivity index (χ0v) is 11.7. The zero-order chi connectivity index (χ0) is 14.7. The second-order valence-corrected chi connectivity index (χ2v) is 5.54.